The largest absolute Gasteiger partial charge is 0.298 e. The summed E-state index contributed by atoms with van der Waals surface area (Å²) in [5.41, 5.74) is 1.08. The minimum atomic E-state index is -0.114. The average Bonchev–Trinajstić information content (AvgIpc) is 2.39. The van der Waals surface area contributed by atoms with Crippen molar-refractivity contribution in [2.24, 2.45) is 5.92 Å². The van der Waals surface area contributed by atoms with E-state index in [9.17, 15) is 4.79 Å². The second-order valence-electron chi connectivity index (χ2n) is 4.51. The molecular formula is C14H17BrO. The molecule has 0 aliphatic heterocycles. The van der Waals surface area contributed by atoms with E-state index in [2.05, 4.69) is 15.9 Å². The van der Waals surface area contributed by atoms with Gasteiger partial charge in [-0.2, -0.15) is 0 Å². The van der Waals surface area contributed by atoms with Gasteiger partial charge >= 0.3 is 0 Å². The number of hydrogen-bond acceptors (Lipinski definition) is 1. The maximum Gasteiger partial charge on any atom is 0.153 e. The Bertz CT molecular complexity index is 341. The molecule has 1 fully saturated rings. The fourth-order valence-corrected chi connectivity index (χ4v) is 3.06. The van der Waals surface area contributed by atoms with Crippen molar-refractivity contribution in [2.75, 3.05) is 0 Å². The lowest BCUT2D eigenvalue weighted by Gasteiger charge is -2.22. The van der Waals surface area contributed by atoms with Crippen molar-refractivity contribution in [1.82, 2.24) is 0 Å². The van der Waals surface area contributed by atoms with Gasteiger partial charge in [0.05, 0.1) is 4.83 Å². The predicted octanol–water partition coefficient (Wildman–Crippen LogP) is 4.27. The van der Waals surface area contributed by atoms with Gasteiger partial charge in [0.15, 0.2) is 5.78 Å². The van der Waals surface area contributed by atoms with Gasteiger partial charge in [0, 0.05) is 5.92 Å². The van der Waals surface area contributed by atoms with Crippen molar-refractivity contribution in [2.45, 2.75) is 36.9 Å². The Morgan fingerprint density at radius 3 is 2.38 bits per heavy atom. The third-order valence-corrected chi connectivity index (χ3v) is 4.33. The molecule has 86 valence electrons. The van der Waals surface area contributed by atoms with Gasteiger partial charge in [-0.05, 0) is 18.4 Å². The van der Waals surface area contributed by atoms with Crippen LogP contribution >= 0.6 is 15.9 Å². The van der Waals surface area contributed by atoms with E-state index in [4.69, 9.17) is 0 Å². The number of hydrogen-bond donors (Lipinski definition) is 0. The van der Waals surface area contributed by atoms with Crippen LogP contribution in [0.4, 0.5) is 0 Å². The summed E-state index contributed by atoms with van der Waals surface area (Å²) in [5, 5.41) is 0. The van der Waals surface area contributed by atoms with Crippen molar-refractivity contribution in [3.63, 3.8) is 0 Å². The number of carbonyl (C=O) groups excluding carboxylic acids is 1. The summed E-state index contributed by atoms with van der Waals surface area (Å²) >= 11 is 3.54. The first-order valence-corrected chi connectivity index (χ1v) is 6.93. The van der Waals surface area contributed by atoms with Gasteiger partial charge in [-0.25, -0.2) is 0 Å². The minimum Gasteiger partial charge on any atom is -0.298 e. The molecule has 1 aromatic rings. The van der Waals surface area contributed by atoms with Gasteiger partial charge in [0.2, 0.25) is 0 Å². The second kappa shape index (κ2) is 5.62. The summed E-state index contributed by atoms with van der Waals surface area (Å²) in [4.78, 5) is 12.1. The molecule has 1 atom stereocenters. The monoisotopic (exact) mass is 280 g/mol. The summed E-state index contributed by atoms with van der Waals surface area (Å²) < 4.78 is 0. The fraction of sp³-hybridized carbons (Fsp3) is 0.500. The SMILES string of the molecule is O=C(C1CCCCC1)C(Br)c1ccccc1. The molecule has 0 N–H and O–H groups in total. The van der Waals surface area contributed by atoms with Crippen molar-refractivity contribution in [3.05, 3.63) is 35.9 Å². The lowest BCUT2D eigenvalue weighted by molar-refractivity contribution is -0.123. The summed E-state index contributed by atoms with van der Waals surface area (Å²) in [7, 11) is 0. The number of benzene rings is 1. The van der Waals surface area contributed by atoms with Gasteiger partial charge < -0.3 is 0 Å². The summed E-state index contributed by atoms with van der Waals surface area (Å²) in [6.45, 7) is 0. The number of Topliss-reactive ketones (excluding diaryl/α,β-unsaturated/α-hetero) is 1. The van der Waals surface area contributed by atoms with E-state index in [0.717, 1.165) is 18.4 Å². The zero-order chi connectivity index (χ0) is 11.4. The summed E-state index contributed by atoms with van der Waals surface area (Å²) in [6, 6.07) is 9.98. The van der Waals surface area contributed by atoms with Gasteiger partial charge in [0.1, 0.15) is 0 Å². The normalized spacial score (nSPS) is 19.3. The first-order chi connectivity index (χ1) is 7.79. The lowest BCUT2D eigenvalue weighted by Crippen LogP contribution is -2.21. The average molecular weight is 281 g/mol. The zero-order valence-electron chi connectivity index (χ0n) is 9.36. The number of alkyl halides is 1. The highest BCUT2D eigenvalue weighted by Crippen LogP contribution is 2.33. The first kappa shape index (κ1) is 11.8. The van der Waals surface area contributed by atoms with Crippen LogP contribution in [0.2, 0.25) is 0 Å². The van der Waals surface area contributed by atoms with E-state index in [1.807, 2.05) is 30.3 Å². The van der Waals surface area contributed by atoms with Gasteiger partial charge in [0.25, 0.3) is 0 Å². The maximum atomic E-state index is 12.3. The summed E-state index contributed by atoms with van der Waals surface area (Å²) in [6.07, 6.45) is 5.87. The van der Waals surface area contributed by atoms with Crippen molar-refractivity contribution < 1.29 is 4.79 Å². The zero-order valence-corrected chi connectivity index (χ0v) is 10.9. The molecule has 0 saturated heterocycles. The molecule has 2 heteroatoms. The van der Waals surface area contributed by atoms with Crippen LogP contribution in [0.5, 0.6) is 0 Å². The van der Waals surface area contributed by atoms with Crippen LogP contribution in [0.25, 0.3) is 0 Å². The smallest absolute Gasteiger partial charge is 0.153 e. The third-order valence-electron chi connectivity index (χ3n) is 3.35. The van der Waals surface area contributed by atoms with Crippen LogP contribution in [0.15, 0.2) is 30.3 Å². The molecule has 1 aromatic carbocycles. The van der Waals surface area contributed by atoms with E-state index in [-0.39, 0.29) is 10.7 Å². The van der Waals surface area contributed by atoms with Crippen molar-refractivity contribution >= 4 is 21.7 Å². The van der Waals surface area contributed by atoms with Gasteiger partial charge in [-0.1, -0.05) is 65.5 Å². The lowest BCUT2D eigenvalue weighted by atomic mass is 9.84. The second-order valence-corrected chi connectivity index (χ2v) is 5.43. The molecule has 0 bridgehead atoms. The molecule has 0 radical (unpaired) electrons. The highest BCUT2D eigenvalue weighted by Gasteiger charge is 2.27. The van der Waals surface area contributed by atoms with E-state index in [1.165, 1.54) is 19.3 Å². The van der Waals surface area contributed by atoms with Crippen molar-refractivity contribution in [3.8, 4) is 0 Å². The molecule has 0 heterocycles. The Hall–Kier alpha value is -0.630. The Morgan fingerprint density at radius 2 is 1.75 bits per heavy atom. The molecule has 0 aromatic heterocycles. The van der Waals surface area contributed by atoms with E-state index >= 15 is 0 Å². The van der Waals surface area contributed by atoms with Gasteiger partial charge in [-0.15, -0.1) is 0 Å². The highest BCUT2D eigenvalue weighted by atomic mass is 79.9. The van der Waals surface area contributed by atoms with Crippen LogP contribution in [-0.2, 0) is 4.79 Å². The topological polar surface area (TPSA) is 17.1 Å². The van der Waals surface area contributed by atoms with Crippen LogP contribution in [0.1, 0.15) is 42.5 Å². The molecule has 0 spiro atoms. The Kier molecular flexibility index (Phi) is 4.16. The van der Waals surface area contributed by atoms with Gasteiger partial charge in [-0.3, -0.25) is 4.79 Å². The van der Waals surface area contributed by atoms with Crippen LogP contribution in [0.3, 0.4) is 0 Å². The Balaban J connectivity index is 2.04. The molecule has 1 aliphatic carbocycles. The van der Waals surface area contributed by atoms with Crippen molar-refractivity contribution in [1.29, 1.82) is 0 Å². The fourth-order valence-electron chi connectivity index (χ4n) is 2.38. The first-order valence-electron chi connectivity index (χ1n) is 6.02. The third kappa shape index (κ3) is 2.73. The van der Waals surface area contributed by atoms with E-state index in [1.54, 1.807) is 0 Å². The van der Waals surface area contributed by atoms with Crippen LogP contribution in [-0.4, -0.2) is 5.78 Å². The quantitative estimate of drug-likeness (QED) is 0.756. The van der Waals surface area contributed by atoms with E-state index in [0.29, 0.717) is 5.78 Å². The standard InChI is InChI=1S/C14H17BrO/c15-13(11-7-3-1-4-8-11)14(16)12-9-5-2-6-10-12/h1,3-4,7-8,12-13H,2,5-6,9-10H2. The molecule has 1 aliphatic rings. The Morgan fingerprint density at radius 1 is 1.12 bits per heavy atom. The van der Waals surface area contributed by atoms with Crippen LogP contribution in [0, 0.1) is 5.92 Å². The minimum absolute atomic E-state index is 0.114. The number of carbonyl (C=O) groups is 1. The number of ketones is 1. The van der Waals surface area contributed by atoms with Crippen LogP contribution < -0.4 is 0 Å². The molecule has 2 rings (SSSR count). The molecule has 1 nitrogen and oxygen atoms in total. The predicted molar refractivity (Wildman–Crippen MR) is 69.7 cm³/mol. The highest BCUT2D eigenvalue weighted by molar-refractivity contribution is 9.09. The molecule has 1 saturated carbocycles. The Labute approximate surface area is 105 Å². The molecular weight excluding hydrogens is 264 g/mol. The molecule has 1 unspecified atom stereocenters. The number of halogens is 1. The summed E-state index contributed by atoms with van der Waals surface area (Å²) in [5.74, 6) is 0.643. The van der Waals surface area contributed by atoms with E-state index < -0.39 is 0 Å². The maximum absolute atomic E-state index is 12.3. The molecule has 16 heavy (non-hydrogen) atoms. The number of rotatable bonds is 3. The molecule has 0 amide bonds.